The molecule has 1 saturated carbocycles. The SMILES string of the molecule is C=CC(=O)N(I)c1ccccc1Nc1ccc(C2CCC(F)(P)CC2)cc1. The molecule has 1 aliphatic carbocycles. The largest absolute Gasteiger partial charge is 0.354 e. The van der Waals surface area contributed by atoms with Crippen LogP contribution in [0.5, 0.6) is 0 Å². The molecule has 2 aromatic carbocycles. The van der Waals surface area contributed by atoms with Crippen molar-refractivity contribution in [2.45, 2.75) is 37.0 Å². The van der Waals surface area contributed by atoms with E-state index in [1.54, 1.807) is 0 Å². The van der Waals surface area contributed by atoms with E-state index < -0.39 is 5.41 Å². The Morgan fingerprint density at radius 2 is 1.85 bits per heavy atom. The highest BCUT2D eigenvalue weighted by atomic mass is 127. The molecule has 0 aromatic heterocycles. The fourth-order valence-corrected chi connectivity index (χ4v) is 4.33. The third-order valence-electron chi connectivity index (χ3n) is 4.96. The average molecular weight is 496 g/mol. The molecule has 142 valence electrons. The minimum absolute atomic E-state index is 0.171. The zero-order chi connectivity index (χ0) is 19.4. The lowest BCUT2D eigenvalue weighted by Crippen LogP contribution is -2.21. The highest BCUT2D eigenvalue weighted by molar-refractivity contribution is 14.1. The number of anilines is 3. The van der Waals surface area contributed by atoms with E-state index in [0.717, 1.165) is 29.9 Å². The molecule has 1 N–H and O–H groups in total. The Morgan fingerprint density at radius 3 is 2.48 bits per heavy atom. The maximum Gasteiger partial charge on any atom is 0.259 e. The number of nitrogens with one attached hydrogen (secondary N) is 1. The highest BCUT2D eigenvalue weighted by Crippen LogP contribution is 2.43. The number of nitrogens with zero attached hydrogens (tertiary/aromatic N) is 1. The average Bonchev–Trinajstić information content (AvgIpc) is 2.68. The van der Waals surface area contributed by atoms with Gasteiger partial charge in [-0.1, -0.05) is 40.1 Å². The second kappa shape index (κ2) is 8.70. The Labute approximate surface area is 176 Å². The Hall–Kier alpha value is -1.46. The van der Waals surface area contributed by atoms with Crippen LogP contribution in [0.3, 0.4) is 0 Å². The summed E-state index contributed by atoms with van der Waals surface area (Å²) in [5.41, 5.74) is 3.83. The third-order valence-corrected chi connectivity index (χ3v) is 6.53. The molecular weight excluding hydrogens is 473 g/mol. The van der Waals surface area contributed by atoms with Crippen molar-refractivity contribution in [2.75, 3.05) is 8.43 Å². The van der Waals surface area contributed by atoms with Crippen LogP contribution in [0, 0.1) is 0 Å². The van der Waals surface area contributed by atoms with Gasteiger partial charge in [-0.15, -0.1) is 0 Å². The standard InChI is InChI=1S/C21H23FIN2OP/c1-2-20(26)25(23)19-6-4-3-5-18(19)24-17-9-7-15(8-10-17)16-11-13-21(22,27)14-12-16/h2-10,16,24H,1,11-14,27H2. The first-order valence-electron chi connectivity index (χ1n) is 8.96. The Morgan fingerprint density at radius 1 is 1.22 bits per heavy atom. The summed E-state index contributed by atoms with van der Waals surface area (Å²) < 4.78 is 15.5. The number of para-hydroxylation sites is 2. The van der Waals surface area contributed by atoms with Gasteiger partial charge in [-0.25, -0.2) is 7.50 Å². The van der Waals surface area contributed by atoms with Gasteiger partial charge in [-0.3, -0.25) is 4.79 Å². The van der Waals surface area contributed by atoms with Crippen molar-refractivity contribution >= 4 is 55.1 Å². The number of amides is 1. The number of hydrogen-bond donors (Lipinski definition) is 1. The van der Waals surface area contributed by atoms with Gasteiger partial charge in [0.05, 0.1) is 34.2 Å². The Kier molecular flexibility index (Phi) is 6.53. The van der Waals surface area contributed by atoms with E-state index in [9.17, 15) is 9.18 Å². The smallest absolute Gasteiger partial charge is 0.259 e. The molecule has 0 spiro atoms. The second-order valence-electron chi connectivity index (χ2n) is 6.90. The minimum atomic E-state index is -1.09. The summed E-state index contributed by atoms with van der Waals surface area (Å²) in [7, 11) is 2.36. The van der Waals surface area contributed by atoms with Crippen molar-refractivity contribution in [1.82, 2.24) is 0 Å². The first kappa shape index (κ1) is 20.3. The summed E-state index contributed by atoms with van der Waals surface area (Å²) in [6, 6.07) is 15.9. The highest BCUT2D eigenvalue weighted by Gasteiger charge is 2.31. The molecule has 0 heterocycles. The van der Waals surface area contributed by atoms with E-state index in [1.165, 1.54) is 14.8 Å². The molecule has 0 aliphatic heterocycles. The molecule has 0 saturated heterocycles. The zero-order valence-electron chi connectivity index (χ0n) is 15.0. The lowest BCUT2D eigenvalue weighted by atomic mass is 9.83. The monoisotopic (exact) mass is 496 g/mol. The normalized spacial score (nSPS) is 22.1. The number of carbonyl (C=O) groups excluding carboxylic acids is 1. The van der Waals surface area contributed by atoms with E-state index in [0.29, 0.717) is 18.8 Å². The summed E-state index contributed by atoms with van der Waals surface area (Å²) >= 11 is 1.98. The van der Waals surface area contributed by atoms with Crippen molar-refractivity contribution in [3.8, 4) is 0 Å². The molecule has 0 bridgehead atoms. The molecule has 27 heavy (non-hydrogen) atoms. The maximum atomic E-state index is 14.0. The van der Waals surface area contributed by atoms with Crippen LogP contribution >= 0.6 is 32.1 Å². The molecule has 2 aromatic rings. The van der Waals surface area contributed by atoms with Crippen molar-refractivity contribution in [1.29, 1.82) is 0 Å². The fraction of sp³-hybridized carbons (Fsp3) is 0.286. The van der Waals surface area contributed by atoms with Crippen molar-refractivity contribution in [3.05, 3.63) is 66.7 Å². The molecule has 1 amide bonds. The first-order chi connectivity index (χ1) is 12.9. The first-order valence-corrected chi connectivity index (χ1v) is 10.5. The lowest BCUT2D eigenvalue weighted by molar-refractivity contribution is -0.112. The minimum Gasteiger partial charge on any atom is -0.354 e. The van der Waals surface area contributed by atoms with Crippen molar-refractivity contribution in [2.24, 2.45) is 0 Å². The summed E-state index contributed by atoms with van der Waals surface area (Å²) in [6.45, 7) is 3.54. The number of alkyl halides is 1. The van der Waals surface area contributed by atoms with Crippen molar-refractivity contribution < 1.29 is 9.18 Å². The third kappa shape index (κ3) is 5.08. The zero-order valence-corrected chi connectivity index (χ0v) is 18.3. The molecule has 3 nitrogen and oxygen atoms in total. The van der Waals surface area contributed by atoms with E-state index in [2.05, 4.69) is 33.3 Å². The molecule has 3 rings (SSSR count). The molecule has 6 heteroatoms. The van der Waals surface area contributed by atoms with Gasteiger partial charge >= 0.3 is 0 Å². The molecule has 1 atom stereocenters. The van der Waals surface area contributed by atoms with Crippen LogP contribution in [0.25, 0.3) is 0 Å². The van der Waals surface area contributed by atoms with Gasteiger partial charge < -0.3 is 5.32 Å². The van der Waals surface area contributed by atoms with Crippen LogP contribution in [0.2, 0.25) is 0 Å². The van der Waals surface area contributed by atoms with Crippen LogP contribution in [-0.4, -0.2) is 11.3 Å². The van der Waals surface area contributed by atoms with Gasteiger partial charge in [-0.2, -0.15) is 0 Å². The van der Waals surface area contributed by atoms with Crippen LogP contribution < -0.4 is 8.43 Å². The van der Waals surface area contributed by atoms with E-state index >= 15 is 0 Å². The maximum absolute atomic E-state index is 14.0. The summed E-state index contributed by atoms with van der Waals surface area (Å²) in [6.07, 6.45) is 4.24. The number of carbonyl (C=O) groups is 1. The number of halogens is 2. The van der Waals surface area contributed by atoms with Crippen LogP contribution in [-0.2, 0) is 4.79 Å². The fourth-order valence-electron chi connectivity index (χ4n) is 3.37. The van der Waals surface area contributed by atoms with E-state index in [4.69, 9.17) is 0 Å². The predicted molar refractivity (Wildman–Crippen MR) is 123 cm³/mol. The van der Waals surface area contributed by atoms with Gasteiger partial charge in [0.2, 0.25) is 0 Å². The van der Waals surface area contributed by atoms with Crippen molar-refractivity contribution in [3.63, 3.8) is 0 Å². The Balaban J connectivity index is 1.72. The number of hydrogen-bond acceptors (Lipinski definition) is 2. The topological polar surface area (TPSA) is 32.3 Å². The Bertz CT molecular complexity index is 815. The van der Waals surface area contributed by atoms with Gasteiger partial charge in [0.25, 0.3) is 5.91 Å². The van der Waals surface area contributed by atoms with E-state index in [-0.39, 0.29) is 5.91 Å². The molecular formula is C21H23FIN2OP. The van der Waals surface area contributed by atoms with Gasteiger partial charge in [0.1, 0.15) is 5.41 Å². The molecule has 0 radical (unpaired) electrons. The van der Waals surface area contributed by atoms with Crippen LogP contribution in [0.4, 0.5) is 21.5 Å². The van der Waals surface area contributed by atoms with Crippen LogP contribution in [0.1, 0.15) is 37.2 Å². The summed E-state index contributed by atoms with van der Waals surface area (Å²) in [5, 5.41) is 2.29. The van der Waals surface area contributed by atoms with Gasteiger partial charge in [0.15, 0.2) is 0 Å². The quantitative estimate of drug-likeness (QED) is 0.222. The van der Waals surface area contributed by atoms with Gasteiger partial charge in [-0.05, 0) is 67.5 Å². The second-order valence-corrected chi connectivity index (χ2v) is 8.90. The summed E-state index contributed by atoms with van der Waals surface area (Å²) in [5.74, 6) is 0.251. The molecule has 1 aliphatic rings. The predicted octanol–water partition coefficient (Wildman–Crippen LogP) is 6.50. The van der Waals surface area contributed by atoms with E-state index in [1.807, 2.05) is 59.3 Å². The number of benzene rings is 2. The van der Waals surface area contributed by atoms with Crippen LogP contribution in [0.15, 0.2) is 61.2 Å². The summed E-state index contributed by atoms with van der Waals surface area (Å²) in [4.78, 5) is 11.9. The lowest BCUT2D eigenvalue weighted by Gasteiger charge is -2.31. The van der Waals surface area contributed by atoms with Gasteiger partial charge in [0, 0.05) is 5.69 Å². The number of rotatable bonds is 5. The molecule has 1 fully saturated rings. The molecule has 1 unspecified atom stereocenters.